The van der Waals surface area contributed by atoms with Crippen molar-refractivity contribution in [3.05, 3.63) is 22.2 Å². The fourth-order valence-corrected chi connectivity index (χ4v) is 3.82. The molecule has 0 aliphatic heterocycles. The topological polar surface area (TPSA) is 29.3 Å². The number of nitrogens with two attached hydrogens (primary N) is 1. The lowest BCUT2D eigenvalue weighted by Gasteiger charge is -2.36. The number of hydrogen-bond donors (Lipinski definition) is 1. The molecular weight excluding hydrogens is 279 g/mol. The Morgan fingerprint density at radius 2 is 1.68 bits per heavy atom. The third-order valence-electron chi connectivity index (χ3n) is 4.33. The first-order valence-corrected chi connectivity index (χ1v) is 7.75. The van der Waals surface area contributed by atoms with Crippen LogP contribution in [0.3, 0.4) is 0 Å². The second kappa shape index (κ2) is 6.23. The maximum atomic E-state index is 6.30. The van der Waals surface area contributed by atoms with E-state index in [-0.39, 0.29) is 0 Å². The molecule has 0 radical (unpaired) electrons. The molecule has 0 unspecified atom stereocenters. The van der Waals surface area contributed by atoms with E-state index in [0.29, 0.717) is 21.8 Å². The van der Waals surface area contributed by atoms with Crippen molar-refractivity contribution in [2.45, 2.75) is 45.1 Å². The molecule has 1 fully saturated rings. The SMILES string of the molecule is CCC1CCC(N(C)c2c(Cl)cc(N)cc2Cl)CC1. The highest BCUT2D eigenvalue weighted by Gasteiger charge is 2.25. The number of hydrogen-bond acceptors (Lipinski definition) is 2. The van der Waals surface area contributed by atoms with Crippen molar-refractivity contribution < 1.29 is 0 Å². The second-order valence-electron chi connectivity index (χ2n) is 5.53. The Kier molecular flexibility index (Phi) is 4.86. The van der Waals surface area contributed by atoms with Gasteiger partial charge in [0.25, 0.3) is 0 Å². The molecule has 19 heavy (non-hydrogen) atoms. The van der Waals surface area contributed by atoms with Crippen LogP contribution < -0.4 is 10.6 Å². The Morgan fingerprint density at radius 3 is 2.16 bits per heavy atom. The van der Waals surface area contributed by atoms with Gasteiger partial charge in [-0.05, 0) is 43.7 Å². The molecule has 1 aliphatic rings. The minimum absolute atomic E-state index is 0.529. The highest BCUT2D eigenvalue weighted by molar-refractivity contribution is 6.39. The molecule has 0 atom stereocenters. The van der Waals surface area contributed by atoms with Gasteiger partial charge in [0, 0.05) is 18.8 Å². The summed E-state index contributed by atoms with van der Waals surface area (Å²) in [4.78, 5) is 2.23. The van der Waals surface area contributed by atoms with Gasteiger partial charge in [0.2, 0.25) is 0 Å². The molecule has 2 N–H and O–H groups in total. The van der Waals surface area contributed by atoms with Crippen LogP contribution in [0, 0.1) is 5.92 Å². The smallest absolute Gasteiger partial charge is 0.0746 e. The number of rotatable bonds is 3. The van der Waals surface area contributed by atoms with E-state index in [1.54, 1.807) is 12.1 Å². The van der Waals surface area contributed by atoms with Crippen molar-refractivity contribution in [3.63, 3.8) is 0 Å². The predicted molar refractivity (Wildman–Crippen MR) is 85.3 cm³/mol. The summed E-state index contributed by atoms with van der Waals surface area (Å²) < 4.78 is 0. The van der Waals surface area contributed by atoms with E-state index in [4.69, 9.17) is 28.9 Å². The van der Waals surface area contributed by atoms with Crippen LogP contribution in [0.1, 0.15) is 39.0 Å². The lowest BCUT2D eigenvalue weighted by molar-refractivity contribution is 0.313. The quantitative estimate of drug-likeness (QED) is 0.798. The molecule has 1 aromatic carbocycles. The molecule has 0 saturated heterocycles. The van der Waals surface area contributed by atoms with Gasteiger partial charge in [-0.3, -0.25) is 0 Å². The van der Waals surface area contributed by atoms with Crippen LogP contribution in [0.2, 0.25) is 10.0 Å². The number of nitrogen functional groups attached to an aromatic ring is 1. The number of anilines is 2. The van der Waals surface area contributed by atoms with Gasteiger partial charge in [0.05, 0.1) is 15.7 Å². The van der Waals surface area contributed by atoms with Crippen molar-refractivity contribution in [3.8, 4) is 0 Å². The van der Waals surface area contributed by atoms with Crippen LogP contribution >= 0.6 is 23.2 Å². The number of benzene rings is 1. The van der Waals surface area contributed by atoms with Gasteiger partial charge in [0.1, 0.15) is 0 Å². The first kappa shape index (κ1) is 14.8. The molecule has 0 amide bonds. The summed E-state index contributed by atoms with van der Waals surface area (Å²) in [5, 5.41) is 1.29. The minimum Gasteiger partial charge on any atom is -0.399 e. The van der Waals surface area contributed by atoms with Crippen LogP contribution in [0.4, 0.5) is 11.4 Å². The van der Waals surface area contributed by atoms with Gasteiger partial charge in [-0.25, -0.2) is 0 Å². The summed E-state index contributed by atoms with van der Waals surface area (Å²) >= 11 is 12.6. The standard InChI is InChI=1S/C15H22Cl2N2/c1-3-10-4-6-12(7-5-10)19(2)15-13(16)8-11(18)9-14(15)17/h8-10,12H,3-7,18H2,1-2H3. The largest absolute Gasteiger partial charge is 0.399 e. The predicted octanol–water partition coefficient (Wildman–Crippen LogP) is 4.98. The summed E-state index contributed by atoms with van der Waals surface area (Å²) in [7, 11) is 2.08. The van der Waals surface area contributed by atoms with E-state index in [1.807, 2.05) is 0 Å². The van der Waals surface area contributed by atoms with Gasteiger partial charge in [0.15, 0.2) is 0 Å². The maximum absolute atomic E-state index is 6.30. The summed E-state index contributed by atoms with van der Waals surface area (Å²) in [5.74, 6) is 0.891. The fourth-order valence-electron chi connectivity index (χ4n) is 3.05. The Bertz CT molecular complexity index is 417. The van der Waals surface area contributed by atoms with Gasteiger partial charge < -0.3 is 10.6 Å². The summed E-state index contributed by atoms with van der Waals surface area (Å²) in [6.45, 7) is 2.28. The van der Waals surface area contributed by atoms with E-state index in [1.165, 1.54) is 32.1 Å². The monoisotopic (exact) mass is 300 g/mol. The minimum atomic E-state index is 0.529. The number of nitrogens with zero attached hydrogens (tertiary/aromatic N) is 1. The summed E-state index contributed by atoms with van der Waals surface area (Å²) in [6.07, 6.45) is 6.32. The fraction of sp³-hybridized carbons (Fsp3) is 0.600. The van der Waals surface area contributed by atoms with Crippen LogP contribution in [-0.4, -0.2) is 13.1 Å². The summed E-state index contributed by atoms with van der Waals surface area (Å²) in [5.41, 5.74) is 7.28. The zero-order valence-electron chi connectivity index (χ0n) is 11.6. The van der Waals surface area contributed by atoms with E-state index >= 15 is 0 Å². The Labute approximate surface area is 125 Å². The third kappa shape index (κ3) is 3.29. The summed E-state index contributed by atoms with van der Waals surface area (Å²) in [6, 6.07) is 4.08. The molecule has 0 bridgehead atoms. The van der Waals surface area contributed by atoms with Crippen LogP contribution in [0.15, 0.2) is 12.1 Å². The molecule has 0 spiro atoms. The van der Waals surface area contributed by atoms with Gasteiger partial charge in [-0.15, -0.1) is 0 Å². The van der Waals surface area contributed by atoms with E-state index < -0.39 is 0 Å². The Balaban J connectivity index is 2.14. The molecule has 1 saturated carbocycles. The third-order valence-corrected chi connectivity index (χ3v) is 4.91. The van der Waals surface area contributed by atoms with E-state index in [2.05, 4.69) is 18.9 Å². The van der Waals surface area contributed by atoms with E-state index in [9.17, 15) is 0 Å². The Hall–Kier alpha value is -0.600. The van der Waals surface area contributed by atoms with Crippen LogP contribution in [-0.2, 0) is 0 Å². The van der Waals surface area contributed by atoms with Crippen molar-refractivity contribution in [2.75, 3.05) is 17.7 Å². The van der Waals surface area contributed by atoms with Crippen LogP contribution in [0.25, 0.3) is 0 Å². The van der Waals surface area contributed by atoms with Gasteiger partial charge >= 0.3 is 0 Å². The lowest BCUT2D eigenvalue weighted by atomic mass is 9.84. The second-order valence-corrected chi connectivity index (χ2v) is 6.34. The first-order chi connectivity index (χ1) is 9.02. The average Bonchev–Trinajstić information content (AvgIpc) is 2.37. The molecular formula is C15H22Cl2N2. The van der Waals surface area contributed by atoms with Crippen LogP contribution in [0.5, 0.6) is 0 Å². The zero-order valence-corrected chi connectivity index (χ0v) is 13.1. The average molecular weight is 301 g/mol. The molecule has 1 aliphatic carbocycles. The lowest BCUT2D eigenvalue weighted by Crippen LogP contribution is -2.35. The van der Waals surface area contributed by atoms with E-state index in [0.717, 1.165) is 11.6 Å². The normalized spacial score (nSPS) is 23.4. The molecule has 2 rings (SSSR count). The molecule has 0 heterocycles. The van der Waals surface area contributed by atoms with Crippen molar-refractivity contribution in [2.24, 2.45) is 5.92 Å². The van der Waals surface area contributed by atoms with Crippen molar-refractivity contribution in [1.29, 1.82) is 0 Å². The highest BCUT2D eigenvalue weighted by atomic mass is 35.5. The maximum Gasteiger partial charge on any atom is 0.0746 e. The molecule has 106 valence electrons. The molecule has 4 heteroatoms. The first-order valence-electron chi connectivity index (χ1n) is 7.00. The molecule has 0 aromatic heterocycles. The Morgan fingerprint density at radius 1 is 1.16 bits per heavy atom. The van der Waals surface area contributed by atoms with Gasteiger partial charge in [-0.1, -0.05) is 36.5 Å². The number of halogens is 2. The zero-order chi connectivity index (χ0) is 14.0. The molecule has 2 nitrogen and oxygen atoms in total. The van der Waals surface area contributed by atoms with Crippen molar-refractivity contribution >= 4 is 34.6 Å². The van der Waals surface area contributed by atoms with Gasteiger partial charge in [-0.2, -0.15) is 0 Å². The van der Waals surface area contributed by atoms with Crippen molar-refractivity contribution in [1.82, 2.24) is 0 Å². The molecule has 1 aromatic rings. The highest BCUT2D eigenvalue weighted by Crippen LogP contribution is 2.39.